The van der Waals surface area contributed by atoms with Gasteiger partial charge in [0.05, 0.1) is 39.3 Å². The lowest BCUT2D eigenvalue weighted by Crippen LogP contribution is -1.96. The topological polar surface area (TPSA) is 51.6 Å². The molecular weight excluding hydrogens is 609 g/mol. The molecule has 4 nitrogen and oxygen atoms in total. The summed E-state index contributed by atoms with van der Waals surface area (Å²) in [7, 11) is 0. The van der Waals surface area contributed by atoms with Crippen LogP contribution in [-0.4, -0.2) is 19.9 Å². The summed E-state index contributed by atoms with van der Waals surface area (Å²) < 4.78 is 0. The first-order chi connectivity index (χ1) is 24.8. The molecule has 0 amide bonds. The number of pyridine rings is 4. The molecular formula is C46H28N4. The monoisotopic (exact) mass is 636 g/mol. The van der Waals surface area contributed by atoms with Crippen LogP contribution < -0.4 is 0 Å². The molecule has 0 N–H and O–H groups in total. The van der Waals surface area contributed by atoms with Gasteiger partial charge in [-0.05, 0) is 46.5 Å². The van der Waals surface area contributed by atoms with Crippen molar-refractivity contribution in [1.29, 1.82) is 0 Å². The van der Waals surface area contributed by atoms with Crippen molar-refractivity contribution in [1.82, 2.24) is 19.9 Å². The molecule has 6 aromatic carbocycles. The van der Waals surface area contributed by atoms with E-state index in [2.05, 4.69) is 152 Å². The largest absolute Gasteiger partial charge is 0.253 e. The van der Waals surface area contributed by atoms with Crippen LogP contribution in [0.3, 0.4) is 0 Å². The highest BCUT2D eigenvalue weighted by molar-refractivity contribution is 6.20. The van der Waals surface area contributed by atoms with Gasteiger partial charge in [-0.3, -0.25) is 4.98 Å². The molecule has 10 aromatic rings. The maximum atomic E-state index is 5.50. The van der Waals surface area contributed by atoms with Gasteiger partial charge < -0.3 is 0 Å². The van der Waals surface area contributed by atoms with E-state index in [1.165, 1.54) is 10.8 Å². The van der Waals surface area contributed by atoms with Gasteiger partial charge in [0.25, 0.3) is 0 Å². The molecule has 0 aliphatic rings. The van der Waals surface area contributed by atoms with E-state index in [1.54, 1.807) is 0 Å². The summed E-state index contributed by atoms with van der Waals surface area (Å²) in [5.74, 6) is 0. The summed E-state index contributed by atoms with van der Waals surface area (Å²) in [6.45, 7) is 0. The number of fused-ring (bicyclic) bond motifs is 8. The fourth-order valence-corrected chi connectivity index (χ4v) is 7.16. The van der Waals surface area contributed by atoms with Gasteiger partial charge in [0.1, 0.15) is 0 Å². The zero-order valence-electron chi connectivity index (χ0n) is 27.0. The first kappa shape index (κ1) is 28.3. The van der Waals surface area contributed by atoms with Gasteiger partial charge in [-0.2, -0.15) is 0 Å². The Labute approximate surface area is 288 Å². The number of benzene rings is 6. The summed E-state index contributed by atoms with van der Waals surface area (Å²) in [5.41, 5.74) is 10.5. The van der Waals surface area contributed by atoms with Gasteiger partial charge in [0, 0.05) is 50.0 Å². The molecule has 0 spiro atoms. The second-order valence-electron chi connectivity index (χ2n) is 12.7. The lowest BCUT2D eigenvalue weighted by Gasteiger charge is -2.14. The number of nitrogens with zero attached hydrogens (tertiary/aromatic N) is 4. The predicted molar refractivity (Wildman–Crippen MR) is 207 cm³/mol. The third-order valence-corrected chi connectivity index (χ3v) is 9.65. The Morgan fingerprint density at radius 3 is 1.70 bits per heavy atom. The highest BCUT2D eigenvalue weighted by Gasteiger charge is 2.17. The molecule has 4 heterocycles. The summed E-state index contributed by atoms with van der Waals surface area (Å²) in [6.07, 6.45) is 1.97. The molecule has 0 radical (unpaired) electrons. The maximum absolute atomic E-state index is 5.50. The van der Waals surface area contributed by atoms with Crippen molar-refractivity contribution < 1.29 is 0 Å². The van der Waals surface area contributed by atoms with Crippen molar-refractivity contribution in [2.45, 2.75) is 0 Å². The van der Waals surface area contributed by atoms with Gasteiger partial charge in [0.2, 0.25) is 0 Å². The lowest BCUT2D eigenvalue weighted by atomic mass is 9.97. The fourth-order valence-electron chi connectivity index (χ4n) is 7.16. The van der Waals surface area contributed by atoms with E-state index in [-0.39, 0.29) is 0 Å². The normalized spacial score (nSPS) is 11.6. The smallest absolute Gasteiger partial charge is 0.0986 e. The molecule has 0 saturated heterocycles. The van der Waals surface area contributed by atoms with E-state index in [4.69, 9.17) is 19.9 Å². The Morgan fingerprint density at radius 2 is 0.940 bits per heavy atom. The molecule has 50 heavy (non-hydrogen) atoms. The third kappa shape index (κ3) is 4.69. The molecule has 4 heteroatoms. The van der Waals surface area contributed by atoms with Crippen LogP contribution in [0.15, 0.2) is 170 Å². The second kappa shape index (κ2) is 11.4. The van der Waals surface area contributed by atoms with Crippen LogP contribution in [-0.2, 0) is 0 Å². The molecule has 0 aliphatic heterocycles. The van der Waals surface area contributed by atoms with Crippen LogP contribution in [0.1, 0.15) is 0 Å². The van der Waals surface area contributed by atoms with Gasteiger partial charge in [0.15, 0.2) is 0 Å². The highest BCUT2D eigenvalue weighted by atomic mass is 14.8. The zero-order valence-corrected chi connectivity index (χ0v) is 27.0. The van der Waals surface area contributed by atoms with Crippen LogP contribution in [0.25, 0.3) is 99.3 Å². The van der Waals surface area contributed by atoms with E-state index in [0.717, 1.165) is 88.5 Å². The molecule has 4 aromatic heterocycles. The average Bonchev–Trinajstić information content (AvgIpc) is 3.20. The first-order valence-corrected chi connectivity index (χ1v) is 16.8. The van der Waals surface area contributed by atoms with E-state index < -0.39 is 0 Å². The molecule has 0 aliphatic carbocycles. The number of hydrogen-bond acceptors (Lipinski definition) is 4. The molecule has 0 unspecified atom stereocenters. The maximum Gasteiger partial charge on any atom is 0.0986 e. The van der Waals surface area contributed by atoms with Crippen molar-refractivity contribution in [3.8, 4) is 45.0 Å². The summed E-state index contributed by atoms with van der Waals surface area (Å²) >= 11 is 0. The molecule has 0 bridgehead atoms. The van der Waals surface area contributed by atoms with Crippen molar-refractivity contribution in [3.05, 3.63) is 170 Å². The number of aromatic nitrogens is 4. The van der Waals surface area contributed by atoms with E-state index in [1.807, 2.05) is 18.3 Å². The van der Waals surface area contributed by atoms with Crippen molar-refractivity contribution in [2.75, 3.05) is 0 Å². The lowest BCUT2D eigenvalue weighted by molar-refractivity contribution is 1.31. The van der Waals surface area contributed by atoms with Crippen LogP contribution in [0.2, 0.25) is 0 Å². The second-order valence-corrected chi connectivity index (χ2v) is 12.7. The highest BCUT2D eigenvalue weighted by Crippen LogP contribution is 2.38. The fraction of sp³-hybridized carbons (Fsp3) is 0. The Balaban J connectivity index is 1.22. The van der Waals surface area contributed by atoms with Crippen LogP contribution in [0.4, 0.5) is 0 Å². The molecule has 232 valence electrons. The third-order valence-electron chi connectivity index (χ3n) is 9.65. The van der Waals surface area contributed by atoms with Crippen molar-refractivity contribution in [3.63, 3.8) is 0 Å². The minimum absolute atomic E-state index is 0.844. The van der Waals surface area contributed by atoms with Gasteiger partial charge in [-0.1, -0.05) is 133 Å². The molecule has 0 saturated carbocycles. The Morgan fingerprint density at radius 1 is 0.300 bits per heavy atom. The Bertz CT molecular complexity index is 2860. The van der Waals surface area contributed by atoms with Crippen molar-refractivity contribution in [2.24, 2.45) is 0 Å². The molecule has 0 fully saturated rings. The summed E-state index contributed by atoms with van der Waals surface area (Å²) in [6, 6.07) is 57.0. The van der Waals surface area contributed by atoms with Crippen LogP contribution in [0.5, 0.6) is 0 Å². The zero-order chi connectivity index (χ0) is 33.0. The van der Waals surface area contributed by atoms with Gasteiger partial charge in [-0.25, -0.2) is 15.0 Å². The van der Waals surface area contributed by atoms with E-state index in [0.29, 0.717) is 0 Å². The van der Waals surface area contributed by atoms with E-state index >= 15 is 0 Å². The number of rotatable bonds is 4. The first-order valence-electron chi connectivity index (χ1n) is 16.8. The van der Waals surface area contributed by atoms with Crippen LogP contribution in [0, 0.1) is 0 Å². The Hall–Kier alpha value is -6.78. The average molecular weight is 637 g/mol. The number of hydrogen-bond donors (Lipinski definition) is 0. The SMILES string of the molecule is c1ccc(-c2cc(-c3nc4c(cnc5c4ccc4ccc(-c6ccc7ccccc7c6)nc45)c4ccccc34)cc(-c3ccccc3)n2)cc1. The standard InChI is InChI=1S/C46H28N4/c1-3-12-30(13-4-1)41-26-35(27-42(48-41)31-14-5-2-6-15-31)43-37-18-10-9-17-36(37)39-28-47-46-38(45(39)50-43)23-21-32-22-24-40(49-44(32)46)34-20-19-29-11-7-8-16-33(29)25-34/h1-28H. The minimum Gasteiger partial charge on any atom is -0.253 e. The molecule has 10 rings (SSSR count). The predicted octanol–water partition coefficient (Wildman–Crippen LogP) is 11.7. The van der Waals surface area contributed by atoms with E-state index in [9.17, 15) is 0 Å². The minimum atomic E-state index is 0.844. The van der Waals surface area contributed by atoms with Gasteiger partial charge >= 0.3 is 0 Å². The quantitative estimate of drug-likeness (QED) is 0.180. The summed E-state index contributed by atoms with van der Waals surface area (Å²) in [5, 5.41) is 7.63. The molecule has 0 atom stereocenters. The van der Waals surface area contributed by atoms with Gasteiger partial charge in [-0.15, -0.1) is 0 Å². The summed E-state index contributed by atoms with van der Waals surface area (Å²) in [4.78, 5) is 20.9. The van der Waals surface area contributed by atoms with Crippen LogP contribution >= 0.6 is 0 Å². The Kier molecular flexibility index (Phi) is 6.46. The van der Waals surface area contributed by atoms with Crippen molar-refractivity contribution >= 4 is 54.3 Å².